The number of amides is 1. The first-order chi connectivity index (χ1) is 10.5. The second-order valence-corrected chi connectivity index (χ2v) is 5.98. The van der Waals surface area contributed by atoms with E-state index in [2.05, 4.69) is 17.0 Å². The lowest BCUT2D eigenvalue weighted by Crippen LogP contribution is -2.47. The summed E-state index contributed by atoms with van der Waals surface area (Å²) in [5.41, 5.74) is 3.82. The number of hydrogen-bond acceptors (Lipinski definition) is 3. The minimum absolute atomic E-state index is 0.119. The number of piperazine rings is 1. The van der Waals surface area contributed by atoms with Gasteiger partial charge in [-0.3, -0.25) is 4.79 Å². The van der Waals surface area contributed by atoms with Crippen molar-refractivity contribution < 1.29 is 4.79 Å². The lowest BCUT2D eigenvalue weighted by atomic mass is 10.1. The van der Waals surface area contributed by atoms with Crippen LogP contribution in [0.3, 0.4) is 0 Å². The second kappa shape index (κ2) is 5.93. The lowest BCUT2D eigenvalue weighted by molar-refractivity contribution is 0.0664. The summed E-state index contributed by atoms with van der Waals surface area (Å²) in [5.74, 6) is 0.119. The van der Waals surface area contributed by atoms with E-state index < -0.39 is 0 Å². The fourth-order valence-corrected chi connectivity index (χ4v) is 2.83. The zero-order valence-electron chi connectivity index (χ0n) is 13.4. The molecule has 5 heteroatoms. The molecule has 0 saturated carbocycles. The van der Waals surface area contributed by atoms with E-state index in [9.17, 15) is 4.79 Å². The lowest BCUT2D eigenvalue weighted by Gasteiger charge is -2.32. The van der Waals surface area contributed by atoms with Crippen LogP contribution in [-0.4, -0.2) is 58.7 Å². The molecule has 1 aliphatic rings. The predicted octanol–water partition coefficient (Wildman–Crippen LogP) is 1.88. The third-order valence-corrected chi connectivity index (χ3v) is 4.16. The van der Waals surface area contributed by atoms with E-state index in [1.165, 1.54) is 0 Å². The highest BCUT2D eigenvalue weighted by Crippen LogP contribution is 2.15. The van der Waals surface area contributed by atoms with E-state index in [1.54, 1.807) is 0 Å². The second-order valence-electron chi connectivity index (χ2n) is 5.98. The molecule has 1 fully saturated rings. The molecule has 0 atom stereocenters. The van der Waals surface area contributed by atoms with Crippen LogP contribution in [0.25, 0.3) is 5.69 Å². The van der Waals surface area contributed by atoms with Gasteiger partial charge in [0.15, 0.2) is 0 Å². The average molecular weight is 298 g/mol. The Balaban J connectivity index is 1.76. The Morgan fingerprint density at radius 3 is 2.23 bits per heavy atom. The number of aromatic nitrogens is 2. The molecule has 0 bridgehead atoms. The first kappa shape index (κ1) is 14.8. The van der Waals surface area contributed by atoms with Gasteiger partial charge in [-0.1, -0.05) is 0 Å². The molecule has 1 aromatic heterocycles. The Labute approximate surface area is 131 Å². The Morgan fingerprint density at radius 2 is 1.68 bits per heavy atom. The van der Waals surface area contributed by atoms with E-state index in [4.69, 9.17) is 0 Å². The molecule has 2 aromatic rings. The maximum absolute atomic E-state index is 12.5. The molecule has 5 nitrogen and oxygen atoms in total. The molecule has 1 aliphatic heterocycles. The highest BCUT2D eigenvalue weighted by molar-refractivity contribution is 5.94. The van der Waals surface area contributed by atoms with Crippen LogP contribution in [0.1, 0.15) is 21.7 Å². The van der Waals surface area contributed by atoms with Crippen molar-refractivity contribution in [3.8, 4) is 5.69 Å². The molecule has 1 aromatic carbocycles. The molecule has 22 heavy (non-hydrogen) atoms. The number of likely N-dealkylation sites (N-methyl/N-ethyl adjacent to an activating group) is 1. The zero-order chi connectivity index (χ0) is 15.7. The number of carbonyl (C=O) groups is 1. The number of nitrogens with zero attached hydrogens (tertiary/aromatic N) is 4. The quantitative estimate of drug-likeness (QED) is 0.850. The Morgan fingerprint density at radius 1 is 1.05 bits per heavy atom. The van der Waals surface area contributed by atoms with Crippen LogP contribution < -0.4 is 0 Å². The van der Waals surface area contributed by atoms with Gasteiger partial charge in [0.05, 0.1) is 11.4 Å². The SMILES string of the molecule is Cc1cc(C)n(-c2ccc(C(=O)N3CCN(C)CC3)cc2)n1. The summed E-state index contributed by atoms with van der Waals surface area (Å²) in [5, 5.41) is 4.47. The number of hydrogen-bond donors (Lipinski definition) is 0. The number of rotatable bonds is 2. The third-order valence-electron chi connectivity index (χ3n) is 4.16. The molecule has 0 unspecified atom stereocenters. The van der Waals surface area contributed by atoms with Gasteiger partial charge in [0.25, 0.3) is 5.91 Å². The van der Waals surface area contributed by atoms with E-state index >= 15 is 0 Å². The molecule has 1 saturated heterocycles. The predicted molar refractivity (Wildman–Crippen MR) is 86.4 cm³/mol. The Kier molecular flexibility index (Phi) is 3.98. The molecule has 0 N–H and O–H groups in total. The topological polar surface area (TPSA) is 41.4 Å². The van der Waals surface area contributed by atoms with Crippen LogP contribution in [0.5, 0.6) is 0 Å². The summed E-state index contributed by atoms with van der Waals surface area (Å²) in [7, 11) is 2.09. The molecule has 1 amide bonds. The van der Waals surface area contributed by atoms with E-state index in [-0.39, 0.29) is 5.91 Å². The summed E-state index contributed by atoms with van der Waals surface area (Å²) in [6.45, 7) is 7.49. The molecular formula is C17H22N4O. The molecule has 3 rings (SSSR count). The highest BCUT2D eigenvalue weighted by Gasteiger charge is 2.20. The van der Waals surface area contributed by atoms with Crippen molar-refractivity contribution >= 4 is 5.91 Å². The maximum Gasteiger partial charge on any atom is 0.253 e. The zero-order valence-corrected chi connectivity index (χ0v) is 13.4. The normalized spacial score (nSPS) is 16.0. The Bertz CT molecular complexity index is 666. The number of aryl methyl sites for hydroxylation is 2. The van der Waals surface area contributed by atoms with E-state index in [0.717, 1.165) is 48.8 Å². The van der Waals surface area contributed by atoms with Crippen molar-refractivity contribution in [2.45, 2.75) is 13.8 Å². The standard InChI is InChI=1S/C17H22N4O/c1-13-12-14(2)21(18-13)16-6-4-15(5-7-16)17(22)20-10-8-19(3)9-11-20/h4-7,12H,8-11H2,1-3H3. The average Bonchev–Trinajstić information content (AvgIpc) is 2.86. The fourth-order valence-electron chi connectivity index (χ4n) is 2.83. The van der Waals surface area contributed by atoms with Crippen LogP contribution in [-0.2, 0) is 0 Å². The largest absolute Gasteiger partial charge is 0.336 e. The van der Waals surface area contributed by atoms with Crippen LogP contribution >= 0.6 is 0 Å². The summed E-state index contributed by atoms with van der Waals surface area (Å²) in [4.78, 5) is 16.7. The first-order valence-electron chi connectivity index (χ1n) is 7.66. The maximum atomic E-state index is 12.5. The van der Waals surface area contributed by atoms with Gasteiger partial charge in [-0.25, -0.2) is 4.68 Å². The summed E-state index contributed by atoms with van der Waals surface area (Å²) >= 11 is 0. The molecule has 0 aliphatic carbocycles. The van der Waals surface area contributed by atoms with Crippen LogP contribution in [0, 0.1) is 13.8 Å². The van der Waals surface area contributed by atoms with Crippen molar-refractivity contribution in [1.82, 2.24) is 19.6 Å². The molecule has 0 spiro atoms. The number of carbonyl (C=O) groups excluding carboxylic acids is 1. The van der Waals surface area contributed by atoms with Crippen LogP contribution in [0.4, 0.5) is 0 Å². The minimum atomic E-state index is 0.119. The van der Waals surface area contributed by atoms with Gasteiger partial charge >= 0.3 is 0 Å². The van der Waals surface area contributed by atoms with Gasteiger partial charge in [0.2, 0.25) is 0 Å². The first-order valence-corrected chi connectivity index (χ1v) is 7.66. The van der Waals surface area contributed by atoms with Gasteiger partial charge in [-0.2, -0.15) is 5.10 Å². The van der Waals surface area contributed by atoms with E-state index in [0.29, 0.717) is 0 Å². The molecular weight excluding hydrogens is 276 g/mol. The molecule has 0 radical (unpaired) electrons. The van der Waals surface area contributed by atoms with Gasteiger partial charge in [0.1, 0.15) is 0 Å². The van der Waals surface area contributed by atoms with Crippen molar-refractivity contribution in [3.05, 3.63) is 47.3 Å². The van der Waals surface area contributed by atoms with Crippen molar-refractivity contribution in [2.75, 3.05) is 33.2 Å². The van der Waals surface area contributed by atoms with Crippen molar-refractivity contribution in [2.24, 2.45) is 0 Å². The number of benzene rings is 1. The summed E-state index contributed by atoms with van der Waals surface area (Å²) < 4.78 is 1.90. The van der Waals surface area contributed by atoms with Gasteiger partial charge in [0, 0.05) is 37.4 Å². The smallest absolute Gasteiger partial charge is 0.253 e. The summed E-state index contributed by atoms with van der Waals surface area (Å²) in [6.07, 6.45) is 0. The van der Waals surface area contributed by atoms with Gasteiger partial charge < -0.3 is 9.80 Å². The minimum Gasteiger partial charge on any atom is -0.336 e. The third kappa shape index (κ3) is 2.90. The molecule has 2 heterocycles. The van der Waals surface area contributed by atoms with Crippen LogP contribution in [0.15, 0.2) is 30.3 Å². The Hall–Kier alpha value is -2.14. The van der Waals surface area contributed by atoms with Crippen molar-refractivity contribution in [1.29, 1.82) is 0 Å². The van der Waals surface area contributed by atoms with Gasteiger partial charge in [-0.15, -0.1) is 0 Å². The monoisotopic (exact) mass is 298 g/mol. The molecule has 116 valence electrons. The highest BCUT2D eigenvalue weighted by atomic mass is 16.2. The fraction of sp³-hybridized carbons (Fsp3) is 0.412. The van der Waals surface area contributed by atoms with Crippen molar-refractivity contribution in [3.63, 3.8) is 0 Å². The van der Waals surface area contributed by atoms with Gasteiger partial charge in [-0.05, 0) is 51.2 Å². The van der Waals surface area contributed by atoms with E-state index in [1.807, 2.05) is 53.8 Å². The summed E-state index contributed by atoms with van der Waals surface area (Å²) in [6, 6.07) is 9.76. The van der Waals surface area contributed by atoms with Crippen LogP contribution in [0.2, 0.25) is 0 Å².